The zero-order valence-corrected chi connectivity index (χ0v) is 11.0. The second-order valence-electron chi connectivity index (χ2n) is 4.10. The first-order valence-corrected chi connectivity index (χ1v) is 6.06. The van der Waals surface area contributed by atoms with Crippen LogP contribution in [-0.2, 0) is 0 Å². The van der Waals surface area contributed by atoms with Crippen molar-refractivity contribution < 1.29 is 0 Å². The third-order valence-electron chi connectivity index (χ3n) is 2.86. The molecule has 0 fully saturated rings. The number of hydrogen-bond acceptors (Lipinski definition) is 6. The molecule has 0 aliphatic rings. The molecule has 0 amide bonds. The number of aromatic amines is 1. The van der Waals surface area contributed by atoms with Crippen LogP contribution in [0.3, 0.4) is 0 Å². The van der Waals surface area contributed by atoms with E-state index in [2.05, 4.69) is 49.7 Å². The van der Waals surface area contributed by atoms with Gasteiger partial charge in [-0.05, 0) is 13.6 Å². The molecule has 0 bridgehead atoms. The summed E-state index contributed by atoms with van der Waals surface area (Å²) in [6, 6.07) is 0. The summed E-state index contributed by atoms with van der Waals surface area (Å²) in [6.07, 6.45) is 1.74. The lowest BCUT2D eigenvalue weighted by molar-refractivity contribution is 0.367. The molecular formula is C11H19N7. The summed E-state index contributed by atoms with van der Waals surface area (Å²) in [5.41, 5.74) is 0.737. The lowest BCUT2D eigenvalue weighted by Gasteiger charge is -2.14. The van der Waals surface area contributed by atoms with Crippen LogP contribution in [-0.4, -0.2) is 58.8 Å². The predicted octanol–water partition coefficient (Wildman–Crippen LogP) is 0.758. The Kier molecular flexibility index (Phi) is 3.93. The highest BCUT2D eigenvalue weighted by atomic mass is 15.2. The Morgan fingerprint density at radius 3 is 2.94 bits per heavy atom. The lowest BCUT2D eigenvalue weighted by Crippen LogP contribution is -2.25. The van der Waals surface area contributed by atoms with Crippen LogP contribution in [0, 0.1) is 0 Å². The molecule has 0 saturated carbocycles. The van der Waals surface area contributed by atoms with Crippen LogP contribution >= 0.6 is 0 Å². The predicted molar refractivity (Wildman–Crippen MR) is 72.9 cm³/mol. The molecule has 18 heavy (non-hydrogen) atoms. The molecule has 0 aliphatic carbocycles. The van der Waals surface area contributed by atoms with Crippen molar-refractivity contribution >= 4 is 22.8 Å². The zero-order chi connectivity index (χ0) is 13.0. The minimum atomic E-state index is 0.582. The van der Waals surface area contributed by atoms with Gasteiger partial charge in [-0.1, -0.05) is 6.92 Å². The highest BCUT2D eigenvalue weighted by Crippen LogP contribution is 2.19. The van der Waals surface area contributed by atoms with Gasteiger partial charge in [0.15, 0.2) is 5.65 Å². The fraction of sp³-hybridized carbons (Fsp3) is 0.545. The summed E-state index contributed by atoms with van der Waals surface area (Å²) >= 11 is 0. The average molecular weight is 249 g/mol. The molecule has 0 unspecified atom stereocenters. The van der Waals surface area contributed by atoms with Gasteiger partial charge in [-0.2, -0.15) is 15.1 Å². The normalized spacial score (nSPS) is 11.1. The maximum atomic E-state index is 4.40. The van der Waals surface area contributed by atoms with Gasteiger partial charge in [0.05, 0.1) is 11.6 Å². The van der Waals surface area contributed by atoms with Crippen LogP contribution < -0.4 is 10.6 Å². The largest absolute Gasteiger partial charge is 0.368 e. The Bertz CT molecular complexity index is 507. The van der Waals surface area contributed by atoms with Crippen LogP contribution in [0.1, 0.15) is 6.92 Å². The number of rotatable bonds is 6. The minimum absolute atomic E-state index is 0.582. The zero-order valence-electron chi connectivity index (χ0n) is 11.0. The van der Waals surface area contributed by atoms with Crippen molar-refractivity contribution in [3.63, 3.8) is 0 Å². The van der Waals surface area contributed by atoms with E-state index in [0.717, 1.165) is 36.5 Å². The highest BCUT2D eigenvalue weighted by Gasteiger charge is 2.08. The van der Waals surface area contributed by atoms with Crippen LogP contribution in [0.5, 0.6) is 0 Å². The fourth-order valence-electron chi connectivity index (χ4n) is 1.60. The first kappa shape index (κ1) is 12.6. The van der Waals surface area contributed by atoms with Gasteiger partial charge < -0.3 is 15.5 Å². The standard InChI is InChI=1S/C11H19N7/c1-4-18(3)6-5-13-9-8-7-14-17-10(8)16-11(12-2)15-9/h7H,4-6H2,1-3H3,(H3,12,13,14,15,16,17). The number of likely N-dealkylation sites (N-methyl/N-ethyl adjacent to an activating group) is 1. The van der Waals surface area contributed by atoms with Crippen molar-refractivity contribution in [3.05, 3.63) is 6.20 Å². The van der Waals surface area contributed by atoms with E-state index in [0.29, 0.717) is 5.95 Å². The van der Waals surface area contributed by atoms with E-state index in [-0.39, 0.29) is 0 Å². The third-order valence-corrected chi connectivity index (χ3v) is 2.86. The van der Waals surface area contributed by atoms with E-state index in [9.17, 15) is 0 Å². The lowest BCUT2D eigenvalue weighted by atomic mass is 10.4. The van der Waals surface area contributed by atoms with Crippen LogP contribution in [0.25, 0.3) is 11.0 Å². The number of hydrogen-bond donors (Lipinski definition) is 3. The van der Waals surface area contributed by atoms with E-state index in [4.69, 9.17) is 0 Å². The molecule has 98 valence electrons. The summed E-state index contributed by atoms with van der Waals surface area (Å²) in [4.78, 5) is 10.9. The summed E-state index contributed by atoms with van der Waals surface area (Å²) in [7, 11) is 3.89. The van der Waals surface area contributed by atoms with Gasteiger partial charge in [0, 0.05) is 20.1 Å². The molecule has 0 saturated heterocycles. The van der Waals surface area contributed by atoms with Crippen molar-refractivity contribution in [2.75, 3.05) is 44.4 Å². The Morgan fingerprint density at radius 2 is 2.22 bits per heavy atom. The van der Waals surface area contributed by atoms with E-state index in [1.54, 1.807) is 13.2 Å². The highest BCUT2D eigenvalue weighted by molar-refractivity contribution is 5.86. The monoisotopic (exact) mass is 249 g/mol. The maximum absolute atomic E-state index is 4.40. The Balaban J connectivity index is 2.13. The molecule has 0 aromatic carbocycles. The van der Waals surface area contributed by atoms with Crippen molar-refractivity contribution in [1.82, 2.24) is 25.1 Å². The number of H-pyrrole nitrogens is 1. The van der Waals surface area contributed by atoms with Crippen molar-refractivity contribution in [2.24, 2.45) is 0 Å². The second-order valence-corrected chi connectivity index (χ2v) is 4.10. The summed E-state index contributed by atoms with van der Waals surface area (Å²) in [5, 5.41) is 14.0. The van der Waals surface area contributed by atoms with Gasteiger partial charge in [0.1, 0.15) is 5.82 Å². The average Bonchev–Trinajstić information content (AvgIpc) is 2.86. The minimum Gasteiger partial charge on any atom is -0.368 e. The molecule has 3 N–H and O–H groups in total. The van der Waals surface area contributed by atoms with Gasteiger partial charge in [0.25, 0.3) is 0 Å². The van der Waals surface area contributed by atoms with Gasteiger partial charge in [0.2, 0.25) is 5.95 Å². The number of nitrogens with one attached hydrogen (secondary N) is 3. The first-order valence-electron chi connectivity index (χ1n) is 6.06. The summed E-state index contributed by atoms with van der Waals surface area (Å²) < 4.78 is 0. The molecule has 0 atom stereocenters. The van der Waals surface area contributed by atoms with Gasteiger partial charge >= 0.3 is 0 Å². The Labute approximate surface area is 106 Å². The number of aromatic nitrogens is 4. The first-order chi connectivity index (χ1) is 8.74. The molecule has 7 nitrogen and oxygen atoms in total. The smallest absolute Gasteiger partial charge is 0.226 e. The van der Waals surface area contributed by atoms with Crippen LogP contribution in [0.4, 0.5) is 11.8 Å². The number of anilines is 2. The Hall–Kier alpha value is -1.89. The molecular weight excluding hydrogens is 230 g/mol. The molecule has 2 aromatic rings. The topological polar surface area (TPSA) is 81.8 Å². The maximum Gasteiger partial charge on any atom is 0.226 e. The molecule has 2 aromatic heterocycles. The van der Waals surface area contributed by atoms with Gasteiger partial charge in [-0.25, -0.2) is 0 Å². The van der Waals surface area contributed by atoms with Gasteiger partial charge in [-0.3, -0.25) is 5.10 Å². The molecule has 0 radical (unpaired) electrons. The van der Waals surface area contributed by atoms with Gasteiger partial charge in [-0.15, -0.1) is 0 Å². The number of nitrogens with zero attached hydrogens (tertiary/aromatic N) is 4. The molecule has 7 heteroatoms. The third kappa shape index (κ3) is 2.67. The van der Waals surface area contributed by atoms with Crippen LogP contribution in [0.2, 0.25) is 0 Å². The molecule has 2 rings (SSSR count). The van der Waals surface area contributed by atoms with Crippen molar-refractivity contribution in [3.8, 4) is 0 Å². The van der Waals surface area contributed by atoms with E-state index >= 15 is 0 Å². The van der Waals surface area contributed by atoms with E-state index < -0.39 is 0 Å². The quantitative estimate of drug-likeness (QED) is 0.701. The van der Waals surface area contributed by atoms with Crippen LogP contribution in [0.15, 0.2) is 6.20 Å². The van der Waals surface area contributed by atoms with Crippen molar-refractivity contribution in [2.45, 2.75) is 6.92 Å². The molecule has 2 heterocycles. The molecule has 0 spiro atoms. The van der Waals surface area contributed by atoms with E-state index in [1.165, 1.54) is 0 Å². The Morgan fingerprint density at radius 1 is 1.39 bits per heavy atom. The summed E-state index contributed by atoms with van der Waals surface area (Å²) in [6.45, 7) is 4.98. The van der Waals surface area contributed by atoms with E-state index in [1.807, 2.05) is 0 Å². The van der Waals surface area contributed by atoms with Crippen molar-refractivity contribution in [1.29, 1.82) is 0 Å². The summed E-state index contributed by atoms with van der Waals surface area (Å²) in [5.74, 6) is 1.39. The molecule has 0 aliphatic heterocycles. The SMILES string of the molecule is CCN(C)CCNc1nc(NC)nc2[nH]ncc12. The fourth-order valence-corrected chi connectivity index (χ4v) is 1.60. The second kappa shape index (κ2) is 5.63. The number of fused-ring (bicyclic) bond motifs is 1.